The number of pyridine rings is 1. The first-order valence-corrected chi connectivity index (χ1v) is 10.6. The van der Waals surface area contributed by atoms with Crippen molar-refractivity contribution >= 4 is 11.5 Å². The van der Waals surface area contributed by atoms with Gasteiger partial charge in [-0.3, -0.25) is 0 Å². The first-order chi connectivity index (χ1) is 15.5. The van der Waals surface area contributed by atoms with E-state index >= 15 is 0 Å². The third-order valence-corrected chi connectivity index (χ3v) is 7.87. The Hall–Kier alpha value is -3.43. The van der Waals surface area contributed by atoms with Crippen molar-refractivity contribution < 1.29 is 20.1 Å². The molecule has 2 heterocycles. The molecule has 0 aliphatic heterocycles. The first kappa shape index (κ1) is 25.2. The van der Waals surface area contributed by atoms with Gasteiger partial charge in [0.1, 0.15) is 11.8 Å². The van der Waals surface area contributed by atoms with E-state index in [1.54, 1.807) is 12.3 Å². The summed E-state index contributed by atoms with van der Waals surface area (Å²) in [6.07, 6.45) is 1.58. The minimum Gasteiger partial charge on any atom is -0.360 e. The monoisotopic (exact) mass is 624 g/mol. The van der Waals surface area contributed by atoms with Gasteiger partial charge in [0.05, 0.1) is 12.1 Å². The van der Waals surface area contributed by atoms with Crippen LogP contribution in [0.4, 0.5) is 11.5 Å². The number of fused-ring (bicyclic) bond motifs is 1. The van der Waals surface area contributed by atoms with Crippen LogP contribution < -0.4 is 0 Å². The summed E-state index contributed by atoms with van der Waals surface area (Å²) in [7, 11) is 0. The minimum atomic E-state index is -0.0738. The van der Waals surface area contributed by atoms with Crippen molar-refractivity contribution in [2.45, 2.75) is 52.4 Å². The zero-order valence-corrected chi connectivity index (χ0v) is 22.3. The Labute approximate surface area is 214 Å². The van der Waals surface area contributed by atoms with E-state index in [2.05, 4.69) is 78.3 Å². The van der Waals surface area contributed by atoms with Gasteiger partial charge in [0.2, 0.25) is 0 Å². The third-order valence-electron chi connectivity index (χ3n) is 7.87. The van der Waals surface area contributed by atoms with E-state index in [4.69, 9.17) is 13.1 Å². The van der Waals surface area contributed by atoms with E-state index in [1.165, 1.54) is 17.2 Å². The van der Waals surface area contributed by atoms with Gasteiger partial charge in [-0.2, -0.15) is 10.2 Å². The third kappa shape index (κ3) is 3.52. The number of hydrogen-bond acceptors (Lipinski definition) is 4. The first-order valence-electron chi connectivity index (χ1n) is 10.6. The van der Waals surface area contributed by atoms with Gasteiger partial charge in [-0.15, -0.1) is 34.9 Å². The molecule has 171 valence electrons. The Bertz CT molecular complexity index is 1400. The van der Waals surface area contributed by atoms with E-state index in [-0.39, 0.29) is 53.7 Å². The fourth-order valence-electron chi connectivity index (χ4n) is 4.66. The number of rotatable bonds is 2. The van der Waals surface area contributed by atoms with E-state index in [0.29, 0.717) is 16.9 Å². The Balaban J connectivity index is 0.00000324. The zero-order chi connectivity index (χ0) is 24.2. The normalized spacial score (nSPS) is 16.3. The molecule has 0 bridgehead atoms. The van der Waals surface area contributed by atoms with Gasteiger partial charge in [0, 0.05) is 32.4 Å². The molecule has 6 nitrogen and oxygen atoms in total. The molecule has 0 spiro atoms. The van der Waals surface area contributed by atoms with Crippen LogP contribution in [0.2, 0.25) is 0 Å². The number of nitriles is 1. The largest absolute Gasteiger partial charge is 0.360 e. The maximum atomic E-state index is 9.20. The maximum Gasteiger partial charge on any atom is 0.274 e. The van der Waals surface area contributed by atoms with Crippen molar-refractivity contribution in [3.8, 4) is 28.7 Å². The fourth-order valence-corrected chi connectivity index (χ4v) is 4.66. The summed E-state index contributed by atoms with van der Waals surface area (Å²) in [5, 5.41) is 9.20. The summed E-state index contributed by atoms with van der Waals surface area (Å²) in [5.74, 6) is 0.274. The molecule has 1 aliphatic rings. The smallest absolute Gasteiger partial charge is 0.274 e. The van der Waals surface area contributed by atoms with Gasteiger partial charge < -0.3 is 9.83 Å². The number of aromatic nitrogens is 3. The average Bonchev–Trinajstić information content (AvgIpc) is 2.92. The van der Waals surface area contributed by atoms with Gasteiger partial charge in [-0.1, -0.05) is 53.1 Å². The number of hydrogen-bond donors (Lipinski definition) is 0. The molecule has 1 aromatic carbocycles. The second kappa shape index (κ2) is 8.41. The SMILES string of the molecule is [C-]#[N+]c1cc(C#N)nc(-c2cnc(-c3[c-]cc4c(c3)C(C)(C)C(C)(C)C4(C)C)c([N+]#[C-])c2)n1.[Ir]. The molecule has 0 unspecified atom stereocenters. The van der Waals surface area contributed by atoms with Gasteiger partial charge in [0.25, 0.3) is 11.6 Å². The summed E-state index contributed by atoms with van der Waals surface area (Å²) >= 11 is 0. The molecule has 2 aromatic heterocycles. The second-order valence-electron chi connectivity index (χ2n) is 9.91. The van der Waals surface area contributed by atoms with Crippen LogP contribution in [0.15, 0.2) is 30.5 Å². The Morgan fingerprint density at radius 1 is 0.941 bits per heavy atom. The van der Waals surface area contributed by atoms with E-state index < -0.39 is 0 Å². The van der Waals surface area contributed by atoms with Crippen molar-refractivity contribution in [2.24, 2.45) is 5.41 Å². The Kier molecular flexibility index (Phi) is 6.23. The summed E-state index contributed by atoms with van der Waals surface area (Å²) in [5.41, 5.74) is 4.68. The van der Waals surface area contributed by atoms with Crippen LogP contribution in [0.25, 0.3) is 32.3 Å². The molecule has 0 fully saturated rings. The molecular formula is C27H23IrN6-. The number of benzene rings is 1. The van der Waals surface area contributed by atoms with Gasteiger partial charge in [-0.25, -0.2) is 4.85 Å². The van der Waals surface area contributed by atoms with Crippen LogP contribution in [0.5, 0.6) is 0 Å². The standard InChI is InChI=1S/C27H23N6.Ir/c1-25(2)19-10-9-16(11-20(19)26(3,4)27(25,5)6)23-21(29-7)12-17(15-31-23)24-32-18(14-28)13-22(30-8)33-24;/h10-13,15H,1-6H3;/q-1;. The van der Waals surface area contributed by atoms with Crippen LogP contribution in [0, 0.1) is 36.0 Å². The average molecular weight is 624 g/mol. The molecule has 0 amide bonds. The quantitative estimate of drug-likeness (QED) is 0.303. The van der Waals surface area contributed by atoms with Crippen LogP contribution in [-0.4, -0.2) is 15.0 Å². The summed E-state index contributed by atoms with van der Waals surface area (Å²) in [6, 6.07) is 12.5. The van der Waals surface area contributed by atoms with Crippen molar-refractivity contribution in [2.75, 3.05) is 0 Å². The zero-order valence-electron chi connectivity index (χ0n) is 19.9. The molecule has 1 radical (unpaired) electrons. The van der Waals surface area contributed by atoms with E-state index in [1.807, 2.05) is 12.1 Å². The predicted molar refractivity (Wildman–Crippen MR) is 127 cm³/mol. The summed E-state index contributed by atoms with van der Waals surface area (Å²) < 4.78 is 0. The van der Waals surface area contributed by atoms with Crippen LogP contribution in [-0.2, 0) is 30.9 Å². The van der Waals surface area contributed by atoms with Crippen LogP contribution in [0.3, 0.4) is 0 Å². The molecule has 4 rings (SSSR count). The fraction of sp³-hybridized carbons (Fsp3) is 0.333. The van der Waals surface area contributed by atoms with Crippen LogP contribution >= 0.6 is 0 Å². The van der Waals surface area contributed by atoms with E-state index in [0.717, 1.165) is 5.56 Å². The molecule has 1 aliphatic carbocycles. The number of nitrogens with zero attached hydrogens (tertiary/aromatic N) is 6. The topological polar surface area (TPSA) is 71.2 Å². The predicted octanol–water partition coefficient (Wildman–Crippen LogP) is 6.57. The van der Waals surface area contributed by atoms with Crippen molar-refractivity contribution in [1.82, 2.24) is 15.0 Å². The molecular weight excluding hydrogens is 601 g/mol. The molecule has 0 atom stereocenters. The van der Waals surface area contributed by atoms with Crippen molar-refractivity contribution in [3.63, 3.8) is 0 Å². The van der Waals surface area contributed by atoms with Gasteiger partial charge in [-0.05, 0) is 28.0 Å². The molecule has 7 heteroatoms. The molecule has 0 N–H and O–H groups in total. The molecule has 3 aromatic rings. The van der Waals surface area contributed by atoms with Gasteiger partial charge in [0.15, 0.2) is 5.69 Å². The van der Waals surface area contributed by atoms with Crippen LogP contribution in [0.1, 0.15) is 58.4 Å². The molecule has 34 heavy (non-hydrogen) atoms. The minimum absolute atomic E-state index is 0. The summed E-state index contributed by atoms with van der Waals surface area (Å²) in [4.78, 5) is 19.9. The van der Waals surface area contributed by atoms with Gasteiger partial charge >= 0.3 is 0 Å². The summed E-state index contributed by atoms with van der Waals surface area (Å²) in [6.45, 7) is 28.6. The van der Waals surface area contributed by atoms with Crippen molar-refractivity contribution in [1.29, 1.82) is 5.26 Å². The Morgan fingerprint density at radius 3 is 2.24 bits per heavy atom. The molecule has 0 saturated carbocycles. The maximum absolute atomic E-state index is 9.20. The van der Waals surface area contributed by atoms with Crippen molar-refractivity contribution in [3.05, 3.63) is 76.2 Å². The second-order valence-corrected chi connectivity index (χ2v) is 9.91. The molecule has 0 saturated heterocycles. The Morgan fingerprint density at radius 2 is 1.62 bits per heavy atom. The van der Waals surface area contributed by atoms with E-state index in [9.17, 15) is 5.26 Å².